The lowest BCUT2D eigenvalue weighted by Crippen LogP contribution is -1.78. The van der Waals surface area contributed by atoms with Crippen molar-refractivity contribution < 1.29 is 8.90 Å². The lowest BCUT2D eigenvalue weighted by Gasteiger charge is -1.78. The highest BCUT2D eigenvalue weighted by atomic mass is 19.2. The van der Waals surface area contributed by atoms with Crippen molar-refractivity contribution >= 4 is 6.01 Å². The highest BCUT2D eigenvalue weighted by Gasteiger charge is 1.96. The minimum atomic E-state index is -0.206. The number of aryl methyl sites for hydroxylation is 1. The molecule has 0 aliphatic heterocycles. The number of nitrogens with zero attached hydrogens (tertiary/aromatic N) is 2. The van der Waals surface area contributed by atoms with E-state index in [1.54, 1.807) is 6.92 Å². The molecule has 44 valence electrons. The molecule has 1 heterocycles. The van der Waals surface area contributed by atoms with E-state index in [9.17, 15) is 4.48 Å². The Bertz CT molecular complexity index is 175. The van der Waals surface area contributed by atoms with Crippen molar-refractivity contribution in [1.29, 1.82) is 0 Å². The number of aromatic nitrogens is 2. The average Bonchev–Trinajstić information content (AvgIpc) is 2.14. The molecule has 1 N–H and O–H groups in total. The van der Waals surface area contributed by atoms with Gasteiger partial charge in [-0.05, 0) is 0 Å². The van der Waals surface area contributed by atoms with E-state index in [0.717, 1.165) is 0 Å². The topological polar surface area (TPSA) is 51.0 Å². The molecule has 0 saturated carbocycles. The van der Waals surface area contributed by atoms with Crippen LogP contribution < -0.4 is 5.54 Å². The summed E-state index contributed by atoms with van der Waals surface area (Å²) < 4.78 is 15.8. The summed E-state index contributed by atoms with van der Waals surface area (Å²) >= 11 is 0. The van der Waals surface area contributed by atoms with E-state index in [4.69, 9.17) is 0 Å². The maximum absolute atomic E-state index is 11.3. The summed E-state index contributed by atoms with van der Waals surface area (Å²) in [4.78, 5) is 0. The van der Waals surface area contributed by atoms with Gasteiger partial charge in [0.25, 0.3) is 0 Å². The number of rotatable bonds is 1. The molecule has 8 heavy (non-hydrogen) atoms. The first-order valence-corrected chi connectivity index (χ1v) is 1.99. The second kappa shape index (κ2) is 1.77. The summed E-state index contributed by atoms with van der Waals surface area (Å²) in [5.41, 5.74) is 1.21. The van der Waals surface area contributed by atoms with Gasteiger partial charge in [-0.1, -0.05) is 9.58 Å². The van der Waals surface area contributed by atoms with Crippen LogP contribution in [0.15, 0.2) is 4.42 Å². The summed E-state index contributed by atoms with van der Waals surface area (Å²) in [6, 6.07) is -0.206. The Hall–Kier alpha value is -1.13. The first kappa shape index (κ1) is 5.02. The molecular formula is C3H4FN3O. The van der Waals surface area contributed by atoms with Crippen LogP contribution in [-0.2, 0) is 0 Å². The third-order valence-electron chi connectivity index (χ3n) is 0.607. The van der Waals surface area contributed by atoms with Crippen LogP contribution >= 0.6 is 0 Å². The van der Waals surface area contributed by atoms with Gasteiger partial charge in [0.15, 0.2) is 0 Å². The van der Waals surface area contributed by atoms with Gasteiger partial charge in [0.2, 0.25) is 5.89 Å². The highest BCUT2D eigenvalue weighted by Crippen LogP contribution is 2.01. The second-order valence-corrected chi connectivity index (χ2v) is 1.22. The van der Waals surface area contributed by atoms with E-state index in [2.05, 4.69) is 14.6 Å². The molecule has 0 atom stereocenters. The zero-order valence-corrected chi connectivity index (χ0v) is 4.18. The fourth-order valence-electron chi connectivity index (χ4n) is 0.335. The van der Waals surface area contributed by atoms with E-state index in [1.807, 2.05) is 0 Å². The fraction of sp³-hybridized carbons (Fsp3) is 0.333. The van der Waals surface area contributed by atoms with Crippen molar-refractivity contribution in [3.8, 4) is 0 Å². The largest absolute Gasteiger partial charge is 0.407 e. The van der Waals surface area contributed by atoms with Gasteiger partial charge >= 0.3 is 6.01 Å². The van der Waals surface area contributed by atoms with Crippen LogP contribution in [0.2, 0.25) is 0 Å². The summed E-state index contributed by atoms with van der Waals surface area (Å²) in [7, 11) is 0. The summed E-state index contributed by atoms with van der Waals surface area (Å²) in [6.45, 7) is 1.58. The number of hydrogen-bond acceptors (Lipinski definition) is 4. The fourth-order valence-corrected chi connectivity index (χ4v) is 0.335. The second-order valence-electron chi connectivity index (χ2n) is 1.22. The number of halogens is 1. The maximum Gasteiger partial charge on any atom is 0.344 e. The molecule has 0 aliphatic carbocycles. The molecule has 0 bridgehead atoms. The standard InChI is InChI=1S/C3H4FN3O/c1-2-6-7-3(5-4)8-2/h1H3,(H,5,7). The van der Waals surface area contributed by atoms with Crippen LogP contribution in [0.5, 0.6) is 0 Å². The van der Waals surface area contributed by atoms with Crippen LogP contribution in [0.4, 0.5) is 10.5 Å². The first-order valence-electron chi connectivity index (χ1n) is 1.99. The Labute approximate surface area is 44.6 Å². The van der Waals surface area contributed by atoms with Crippen molar-refractivity contribution in [2.45, 2.75) is 6.92 Å². The molecule has 1 aromatic rings. The smallest absolute Gasteiger partial charge is 0.344 e. The first-order chi connectivity index (χ1) is 3.83. The van der Waals surface area contributed by atoms with Crippen LogP contribution in [0.1, 0.15) is 5.89 Å². The van der Waals surface area contributed by atoms with Gasteiger partial charge in [-0.2, -0.15) is 5.54 Å². The Morgan fingerprint density at radius 1 is 1.62 bits per heavy atom. The highest BCUT2D eigenvalue weighted by molar-refractivity contribution is 5.10. The van der Waals surface area contributed by atoms with Crippen molar-refractivity contribution in [3.63, 3.8) is 0 Å². The van der Waals surface area contributed by atoms with Gasteiger partial charge in [0.1, 0.15) is 0 Å². The van der Waals surface area contributed by atoms with E-state index >= 15 is 0 Å². The number of hydrogen-bond donors (Lipinski definition) is 1. The Morgan fingerprint density at radius 3 is 2.62 bits per heavy atom. The quantitative estimate of drug-likeness (QED) is 0.549. The average molecular weight is 117 g/mol. The molecule has 0 spiro atoms. The third kappa shape index (κ3) is 0.749. The van der Waals surface area contributed by atoms with E-state index < -0.39 is 0 Å². The Balaban J connectivity index is 2.84. The van der Waals surface area contributed by atoms with Gasteiger partial charge in [-0.3, -0.25) is 0 Å². The molecule has 0 aromatic carbocycles. The van der Waals surface area contributed by atoms with Crippen LogP contribution in [0, 0.1) is 6.92 Å². The van der Waals surface area contributed by atoms with Crippen molar-refractivity contribution in [2.24, 2.45) is 0 Å². The summed E-state index contributed by atoms with van der Waals surface area (Å²) in [6.07, 6.45) is 0. The lowest BCUT2D eigenvalue weighted by molar-refractivity contribution is 0.485. The zero-order chi connectivity index (χ0) is 5.98. The minimum Gasteiger partial charge on any atom is -0.407 e. The van der Waals surface area contributed by atoms with Crippen LogP contribution in [0.25, 0.3) is 0 Å². The molecule has 1 aromatic heterocycles. The molecule has 5 heteroatoms. The predicted octanol–water partition coefficient (Wildman–Crippen LogP) is 0.674. The normalized spacial score (nSPS) is 9.25. The SMILES string of the molecule is Cc1nnc(NF)o1. The third-order valence-corrected chi connectivity index (χ3v) is 0.607. The van der Waals surface area contributed by atoms with E-state index in [-0.39, 0.29) is 6.01 Å². The molecule has 0 saturated heterocycles. The van der Waals surface area contributed by atoms with Crippen molar-refractivity contribution in [3.05, 3.63) is 5.89 Å². The lowest BCUT2D eigenvalue weighted by atomic mass is 10.8. The summed E-state index contributed by atoms with van der Waals surface area (Å²) in [5.74, 6) is 0.338. The van der Waals surface area contributed by atoms with Crippen molar-refractivity contribution in [1.82, 2.24) is 10.2 Å². The number of nitrogens with one attached hydrogen (secondary N) is 1. The molecule has 1 rings (SSSR count). The van der Waals surface area contributed by atoms with Crippen LogP contribution in [0.3, 0.4) is 0 Å². The van der Waals surface area contributed by atoms with Gasteiger partial charge in [0.05, 0.1) is 0 Å². The molecule has 0 unspecified atom stereocenters. The summed E-state index contributed by atoms with van der Waals surface area (Å²) in [5, 5.41) is 6.60. The van der Waals surface area contributed by atoms with Gasteiger partial charge in [-0.15, -0.1) is 5.10 Å². The Kier molecular flexibility index (Phi) is 1.11. The zero-order valence-electron chi connectivity index (χ0n) is 4.18. The van der Waals surface area contributed by atoms with Crippen LogP contribution in [-0.4, -0.2) is 10.2 Å². The maximum atomic E-state index is 11.3. The monoisotopic (exact) mass is 117 g/mol. The molecule has 4 nitrogen and oxygen atoms in total. The Morgan fingerprint density at radius 2 is 2.38 bits per heavy atom. The number of anilines is 1. The predicted molar refractivity (Wildman–Crippen MR) is 23.8 cm³/mol. The van der Waals surface area contributed by atoms with E-state index in [0.29, 0.717) is 5.89 Å². The molecule has 0 amide bonds. The minimum absolute atomic E-state index is 0.206. The van der Waals surface area contributed by atoms with Crippen molar-refractivity contribution in [2.75, 3.05) is 5.54 Å². The van der Waals surface area contributed by atoms with Gasteiger partial charge in [0, 0.05) is 6.92 Å². The molecule has 0 radical (unpaired) electrons. The van der Waals surface area contributed by atoms with Gasteiger partial charge in [-0.25, -0.2) is 0 Å². The molecule has 0 fully saturated rings. The molecule has 0 aliphatic rings. The van der Waals surface area contributed by atoms with E-state index in [1.165, 1.54) is 5.54 Å². The van der Waals surface area contributed by atoms with Gasteiger partial charge < -0.3 is 4.42 Å². The molecular weight excluding hydrogens is 113 g/mol.